The summed E-state index contributed by atoms with van der Waals surface area (Å²) in [4.78, 5) is 14.6. The van der Waals surface area contributed by atoms with Gasteiger partial charge in [-0.3, -0.25) is 4.79 Å². The Kier molecular flexibility index (Phi) is 6.67. The third-order valence-corrected chi connectivity index (χ3v) is 6.70. The van der Waals surface area contributed by atoms with E-state index in [-0.39, 0.29) is 6.04 Å². The van der Waals surface area contributed by atoms with Crippen LogP contribution < -0.4 is 0 Å². The highest BCUT2D eigenvalue weighted by Gasteiger charge is 2.31. The highest BCUT2D eigenvalue weighted by molar-refractivity contribution is 5.79. The molecular weight excluding hydrogens is 334 g/mol. The second-order valence-electron chi connectivity index (χ2n) is 8.52. The van der Waals surface area contributed by atoms with Crippen LogP contribution in [0.2, 0.25) is 0 Å². The van der Waals surface area contributed by atoms with Crippen LogP contribution in [0.25, 0.3) is 0 Å². The van der Waals surface area contributed by atoms with Gasteiger partial charge < -0.3 is 4.90 Å². The van der Waals surface area contributed by atoms with Crippen LogP contribution in [0.15, 0.2) is 22.4 Å². The van der Waals surface area contributed by atoms with E-state index in [0.717, 1.165) is 51.1 Å². The van der Waals surface area contributed by atoms with E-state index in [2.05, 4.69) is 48.0 Å². The van der Waals surface area contributed by atoms with E-state index in [9.17, 15) is 4.79 Å². The Morgan fingerprint density at radius 2 is 1.81 bits per heavy atom. The fourth-order valence-electron chi connectivity index (χ4n) is 4.74. The maximum atomic E-state index is 12.4. The Morgan fingerprint density at radius 3 is 2.41 bits per heavy atom. The predicted octanol–water partition coefficient (Wildman–Crippen LogP) is 5.42. The van der Waals surface area contributed by atoms with Crippen molar-refractivity contribution in [2.24, 2.45) is 22.1 Å². The number of likely N-dealkylation sites (tertiary alicyclic amines) is 1. The van der Waals surface area contributed by atoms with Crippen molar-refractivity contribution in [3.63, 3.8) is 0 Å². The molecule has 0 N–H and O–H groups in total. The molecule has 1 atom stereocenters. The molecule has 1 amide bonds. The number of rotatable bonds is 6. The lowest BCUT2D eigenvalue weighted by Gasteiger charge is -2.36. The van der Waals surface area contributed by atoms with Gasteiger partial charge in [0.25, 0.3) is 0 Å². The lowest BCUT2D eigenvalue weighted by molar-refractivity contribution is -0.139. The third-order valence-electron chi connectivity index (χ3n) is 6.70. The number of hydrogen-bond acceptors (Lipinski definition) is 3. The molecule has 1 aromatic rings. The first-order chi connectivity index (χ1) is 13.0. The topological polar surface area (TPSA) is 45.0 Å². The van der Waals surface area contributed by atoms with E-state index in [0.29, 0.717) is 11.8 Å². The average Bonchev–Trinajstić information content (AvgIpc) is 2.61. The summed E-state index contributed by atoms with van der Waals surface area (Å²) in [6.45, 7) is 8.46. The molecule has 3 rings (SSSR count). The van der Waals surface area contributed by atoms with E-state index < -0.39 is 0 Å². The van der Waals surface area contributed by atoms with Crippen LogP contribution >= 0.6 is 0 Å². The molecule has 0 radical (unpaired) electrons. The van der Waals surface area contributed by atoms with Crippen molar-refractivity contribution < 1.29 is 4.79 Å². The Morgan fingerprint density at radius 1 is 1.15 bits per heavy atom. The summed E-state index contributed by atoms with van der Waals surface area (Å²) in [6.07, 6.45) is 8.09. The van der Waals surface area contributed by atoms with Crippen LogP contribution in [0.3, 0.4) is 0 Å². The van der Waals surface area contributed by atoms with Gasteiger partial charge >= 0.3 is 0 Å². The highest BCUT2D eigenvalue weighted by Crippen LogP contribution is 2.33. The number of carbonyl (C=O) groups is 1. The maximum absolute atomic E-state index is 12.4. The van der Waals surface area contributed by atoms with Crippen LogP contribution in [0.5, 0.6) is 0 Å². The average molecular weight is 370 g/mol. The smallest absolute Gasteiger partial charge is 0.225 e. The minimum atomic E-state index is 0.117. The summed E-state index contributed by atoms with van der Waals surface area (Å²) < 4.78 is 0. The highest BCUT2D eigenvalue weighted by atomic mass is 16.2. The lowest BCUT2D eigenvalue weighted by Crippen LogP contribution is -2.43. The second kappa shape index (κ2) is 8.99. The zero-order valence-electron chi connectivity index (χ0n) is 17.5. The molecule has 0 spiro atoms. The van der Waals surface area contributed by atoms with Crippen LogP contribution in [0.4, 0.5) is 0 Å². The van der Waals surface area contributed by atoms with Gasteiger partial charge in [0.2, 0.25) is 5.91 Å². The van der Waals surface area contributed by atoms with Crippen LogP contribution in [0.1, 0.15) is 73.7 Å². The minimum absolute atomic E-state index is 0.117. The van der Waals surface area contributed by atoms with Gasteiger partial charge in [-0.1, -0.05) is 18.6 Å². The van der Waals surface area contributed by atoms with Gasteiger partial charge in [-0.15, -0.1) is 0 Å². The number of hydrogen-bond donors (Lipinski definition) is 0. The molecule has 2 aliphatic rings. The van der Waals surface area contributed by atoms with Crippen molar-refractivity contribution in [3.8, 4) is 0 Å². The number of carbonyl (C=O) groups excluding carboxylic acids is 1. The van der Waals surface area contributed by atoms with E-state index in [1.165, 1.54) is 35.1 Å². The summed E-state index contributed by atoms with van der Waals surface area (Å²) in [5.41, 5.74) is 5.50. The fourth-order valence-corrected chi connectivity index (χ4v) is 4.74. The first-order valence-corrected chi connectivity index (χ1v) is 10.7. The monoisotopic (exact) mass is 369 g/mol. The lowest BCUT2D eigenvalue weighted by atomic mass is 9.82. The van der Waals surface area contributed by atoms with Gasteiger partial charge in [-0.05, 0) is 87.5 Å². The molecule has 27 heavy (non-hydrogen) atoms. The molecule has 148 valence electrons. The molecule has 1 aromatic carbocycles. The molecular formula is C23H35N3O. The van der Waals surface area contributed by atoms with Crippen LogP contribution in [-0.4, -0.2) is 30.9 Å². The van der Waals surface area contributed by atoms with E-state index in [1.54, 1.807) is 7.05 Å². The van der Waals surface area contributed by atoms with E-state index >= 15 is 0 Å². The van der Waals surface area contributed by atoms with Crippen molar-refractivity contribution in [3.05, 3.63) is 34.4 Å². The normalized spacial score (nSPS) is 20.1. The third kappa shape index (κ3) is 4.59. The predicted molar refractivity (Wildman–Crippen MR) is 110 cm³/mol. The second-order valence-corrected chi connectivity index (χ2v) is 8.52. The van der Waals surface area contributed by atoms with Gasteiger partial charge in [0.1, 0.15) is 0 Å². The van der Waals surface area contributed by atoms with E-state index in [1.807, 2.05) is 0 Å². The summed E-state index contributed by atoms with van der Waals surface area (Å²) in [5.74, 6) is 1.50. The molecule has 1 saturated heterocycles. The number of amides is 1. The molecule has 1 aliphatic heterocycles. The molecule has 0 aromatic heterocycles. The number of benzene rings is 1. The van der Waals surface area contributed by atoms with Gasteiger partial charge in [0.15, 0.2) is 0 Å². The van der Waals surface area contributed by atoms with Gasteiger partial charge in [0, 0.05) is 26.1 Å². The van der Waals surface area contributed by atoms with Crippen molar-refractivity contribution in [1.29, 1.82) is 0 Å². The SMILES string of the molecule is CN=NC(C)c1c(C)ccc(C)c1CCC1CCN(C(=O)C2CCC2)CC1. The van der Waals surface area contributed by atoms with Crippen molar-refractivity contribution >= 4 is 5.91 Å². The van der Waals surface area contributed by atoms with Crippen LogP contribution in [-0.2, 0) is 11.2 Å². The quantitative estimate of drug-likeness (QED) is 0.618. The van der Waals surface area contributed by atoms with Crippen LogP contribution in [0, 0.1) is 25.7 Å². The zero-order chi connectivity index (χ0) is 19.4. The molecule has 1 aliphatic carbocycles. The molecule has 4 heteroatoms. The molecule has 0 bridgehead atoms. The number of aryl methyl sites for hydroxylation is 2. The maximum Gasteiger partial charge on any atom is 0.225 e. The standard InChI is InChI=1S/C23H35N3O/c1-16-8-9-17(2)22(18(3)25-24-4)21(16)11-10-19-12-14-26(15-13-19)23(27)20-6-5-7-20/h8-9,18-20H,5-7,10-15H2,1-4H3. The number of azo groups is 1. The Hall–Kier alpha value is -1.71. The largest absolute Gasteiger partial charge is 0.342 e. The van der Waals surface area contributed by atoms with E-state index in [4.69, 9.17) is 0 Å². The molecule has 1 saturated carbocycles. The fraction of sp³-hybridized carbons (Fsp3) is 0.696. The summed E-state index contributed by atoms with van der Waals surface area (Å²) in [5, 5.41) is 8.40. The first-order valence-electron chi connectivity index (χ1n) is 10.7. The number of nitrogens with zero attached hydrogens (tertiary/aromatic N) is 3. The molecule has 2 fully saturated rings. The zero-order valence-corrected chi connectivity index (χ0v) is 17.5. The van der Waals surface area contributed by atoms with Gasteiger partial charge in [0.05, 0.1) is 6.04 Å². The first kappa shape index (κ1) is 20.0. The molecule has 1 heterocycles. The molecule has 1 unspecified atom stereocenters. The Balaban J connectivity index is 1.59. The molecule has 4 nitrogen and oxygen atoms in total. The van der Waals surface area contributed by atoms with Crippen molar-refractivity contribution in [2.75, 3.05) is 20.1 Å². The van der Waals surface area contributed by atoms with Gasteiger partial charge in [-0.2, -0.15) is 10.2 Å². The summed E-state index contributed by atoms with van der Waals surface area (Å²) >= 11 is 0. The van der Waals surface area contributed by atoms with Gasteiger partial charge in [-0.25, -0.2) is 0 Å². The van der Waals surface area contributed by atoms with Crippen molar-refractivity contribution in [2.45, 2.75) is 71.8 Å². The van der Waals surface area contributed by atoms with Crippen molar-refractivity contribution in [1.82, 2.24) is 4.90 Å². The summed E-state index contributed by atoms with van der Waals surface area (Å²) in [7, 11) is 1.75. The minimum Gasteiger partial charge on any atom is -0.342 e. The number of piperidine rings is 1. The Bertz CT molecular complexity index is 685. The summed E-state index contributed by atoms with van der Waals surface area (Å²) in [6, 6.07) is 4.57. The Labute approximate surface area is 164 Å².